The SMILES string of the molecule is COC(=O)C(CC1CCCC1)N1CC2=Cc3ccccc3OC2C1=O. The van der Waals surface area contributed by atoms with E-state index in [1.165, 1.54) is 20.0 Å². The van der Waals surface area contributed by atoms with Crippen LogP contribution in [0.2, 0.25) is 0 Å². The van der Waals surface area contributed by atoms with Crippen molar-refractivity contribution >= 4 is 18.0 Å². The van der Waals surface area contributed by atoms with E-state index < -0.39 is 12.1 Å². The van der Waals surface area contributed by atoms with Gasteiger partial charge in [-0.25, -0.2) is 4.79 Å². The number of likely N-dealkylation sites (tertiary alicyclic amines) is 1. The lowest BCUT2D eigenvalue weighted by molar-refractivity contribution is -0.153. The van der Waals surface area contributed by atoms with Crippen molar-refractivity contribution in [3.63, 3.8) is 0 Å². The van der Waals surface area contributed by atoms with E-state index in [2.05, 4.69) is 0 Å². The van der Waals surface area contributed by atoms with Gasteiger partial charge in [-0.3, -0.25) is 4.79 Å². The first kappa shape index (κ1) is 16.2. The van der Waals surface area contributed by atoms with E-state index >= 15 is 0 Å². The van der Waals surface area contributed by atoms with Crippen LogP contribution in [0.25, 0.3) is 6.08 Å². The molecule has 5 heteroatoms. The van der Waals surface area contributed by atoms with Gasteiger partial charge < -0.3 is 14.4 Å². The highest BCUT2D eigenvalue weighted by Crippen LogP contribution is 2.37. The number of methoxy groups -OCH3 is 1. The van der Waals surface area contributed by atoms with Crippen LogP contribution in [0.3, 0.4) is 0 Å². The van der Waals surface area contributed by atoms with Crippen molar-refractivity contribution in [2.45, 2.75) is 44.2 Å². The predicted octanol–water partition coefficient (Wildman–Crippen LogP) is 2.80. The zero-order chi connectivity index (χ0) is 17.4. The van der Waals surface area contributed by atoms with E-state index in [1.54, 1.807) is 4.90 Å². The van der Waals surface area contributed by atoms with E-state index in [1.807, 2.05) is 30.3 Å². The average Bonchev–Trinajstić information content (AvgIpc) is 3.25. The number of esters is 1. The number of nitrogens with zero attached hydrogens (tertiary/aromatic N) is 1. The Morgan fingerprint density at radius 3 is 2.84 bits per heavy atom. The molecule has 4 rings (SSSR count). The highest BCUT2D eigenvalue weighted by molar-refractivity contribution is 5.94. The predicted molar refractivity (Wildman–Crippen MR) is 92.9 cm³/mol. The number of carbonyl (C=O) groups is 2. The van der Waals surface area contributed by atoms with Crippen molar-refractivity contribution in [3.05, 3.63) is 35.4 Å². The largest absolute Gasteiger partial charge is 0.475 e. The minimum atomic E-state index is -0.606. The maximum absolute atomic E-state index is 12.9. The van der Waals surface area contributed by atoms with Gasteiger partial charge in [0.2, 0.25) is 0 Å². The smallest absolute Gasteiger partial charge is 0.328 e. The number of carbonyl (C=O) groups excluding carboxylic acids is 2. The molecule has 2 heterocycles. The van der Waals surface area contributed by atoms with Crippen LogP contribution in [0, 0.1) is 5.92 Å². The van der Waals surface area contributed by atoms with Gasteiger partial charge in [-0.15, -0.1) is 0 Å². The molecule has 5 nitrogen and oxygen atoms in total. The minimum Gasteiger partial charge on any atom is -0.475 e. The first-order chi connectivity index (χ1) is 12.2. The monoisotopic (exact) mass is 341 g/mol. The molecule has 132 valence electrons. The summed E-state index contributed by atoms with van der Waals surface area (Å²) in [5.74, 6) is 0.759. The highest BCUT2D eigenvalue weighted by atomic mass is 16.5. The molecule has 2 atom stereocenters. The fourth-order valence-corrected chi connectivity index (χ4v) is 4.26. The molecule has 0 spiro atoms. The summed E-state index contributed by atoms with van der Waals surface area (Å²) >= 11 is 0. The maximum Gasteiger partial charge on any atom is 0.328 e. The summed E-state index contributed by atoms with van der Waals surface area (Å²) < 4.78 is 10.9. The number of ether oxygens (including phenoxy) is 2. The summed E-state index contributed by atoms with van der Waals surface area (Å²) in [6.07, 6.45) is 6.77. The van der Waals surface area contributed by atoms with Gasteiger partial charge in [-0.05, 0) is 30.1 Å². The minimum absolute atomic E-state index is 0.130. The molecule has 0 N–H and O–H groups in total. The Bertz CT molecular complexity index is 720. The molecule has 1 saturated heterocycles. The van der Waals surface area contributed by atoms with Gasteiger partial charge in [0, 0.05) is 12.1 Å². The molecular weight excluding hydrogens is 318 g/mol. The normalized spacial score (nSPS) is 23.6. The summed E-state index contributed by atoms with van der Waals surface area (Å²) in [7, 11) is 1.39. The number of benzene rings is 1. The van der Waals surface area contributed by atoms with Crippen LogP contribution >= 0.6 is 0 Å². The summed E-state index contributed by atoms with van der Waals surface area (Å²) in [6.45, 7) is 0.435. The van der Waals surface area contributed by atoms with E-state index in [9.17, 15) is 9.59 Å². The zero-order valence-electron chi connectivity index (χ0n) is 14.4. The summed E-state index contributed by atoms with van der Waals surface area (Å²) in [6, 6.07) is 7.17. The average molecular weight is 341 g/mol. The van der Waals surface area contributed by atoms with Crippen LogP contribution in [-0.2, 0) is 14.3 Å². The zero-order valence-corrected chi connectivity index (χ0v) is 14.4. The van der Waals surface area contributed by atoms with Gasteiger partial charge in [0.15, 0.2) is 6.10 Å². The maximum atomic E-state index is 12.9. The molecule has 25 heavy (non-hydrogen) atoms. The Hall–Kier alpha value is -2.30. The summed E-state index contributed by atoms with van der Waals surface area (Å²) in [4.78, 5) is 27.0. The molecule has 2 aliphatic heterocycles. The fourth-order valence-electron chi connectivity index (χ4n) is 4.26. The number of hydrogen-bond donors (Lipinski definition) is 0. The van der Waals surface area contributed by atoms with Crippen LogP contribution in [0.1, 0.15) is 37.7 Å². The number of fused-ring (bicyclic) bond motifs is 2. The van der Waals surface area contributed by atoms with E-state index in [4.69, 9.17) is 9.47 Å². The standard InChI is InChI=1S/C20H23NO4/c1-24-20(23)16(10-13-6-2-3-7-13)21-12-15-11-14-8-4-5-9-17(14)25-18(15)19(21)22/h4-5,8-9,11,13,16,18H,2-3,6-7,10,12H2,1H3. The lowest BCUT2D eigenvalue weighted by atomic mass is 9.97. The molecule has 0 bridgehead atoms. The van der Waals surface area contributed by atoms with Gasteiger partial charge in [0.25, 0.3) is 5.91 Å². The van der Waals surface area contributed by atoms with Gasteiger partial charge in [-0.1, -0.05) is 43.9 Å². The lowest BCUT2D eigenvalue weighted by Gasteiger charge is -2.27. The topological polar surface area (TPSA) is 55.8 Å². The van der Waals surface area contributed by atoms with Crippen molar-refractivity contribution in [1.82, 2.24) is 4.90 Å². The van der Waals surface area contributed by atoms with Crippen molar-refractivity contribution in [3.8, 4) is 5.75 Å². The van der Waals surface area contributed by atoms with E-state index in [-0.39, 0.29) is 11.9 Å². The second-order valence-electron chi connectivity index (χ2n) is 7.15. The number of hydrogen-bond acceptors (Lipinski definition) is 4. The van der Waals surface area contributed by atoms with Crippen LogP contribution < -0.4 is 4.74 Å². The third-order valence-electron chi connectivity index (χ3n) is 5.58. The fraction of sp³-hybridized carbons (Fsp3) is 0.500. The quantitative estimate of drug-likeness (QED) is 0.790. The second-order valence-corrected chi connectivity index (χ2v) is 7.15. The Labute approximate surface area is 147 Å². The molecule has 2 fully saturated rings. The number of amides is 1. The highest BCUT2D eigenvalue weighted by Gasteiger charge is 2.45. The first-order valence-corrected chi connectivity index (χ1v) is 9.02. The third-order valence-corrected chi connectivity index (χ3v) is 5.58. The van der Waals surface area contributed by atoms with Crippen molar-refractivity contribution in [2.24, 2.45) is 5.92 Å². The Balaban J connectivity index is 1.58. The summed E-state index contributed by atoms with van der Waals surface area (Å²) in [5, 5.41) is 0. The van der Waals surface area contributed by atoms with E-state index in [0.29, 0.717) is 18.9 Å². The van der Waals surface area contributed by atoms with Crippen LogP contribution in [0.4, 0.5) is 0 Å². The van der Waals surface area contributed by atoms with E-state index in [0.717, 1.165) is 29.7 Å². The molecule has 1 amide bonds. The lowest BCUT2D eigenvalue weighted by Crippen LogP contribution is -2.45. The Morgan fingerprint density at radius 1 is 1.32 bits per heavy atom. The number of para-hydroxylation sites is 1. The molecule has 1 aromatic rings. The van der Waals surface area contributed by atoms with Crippen molar-refractivity contribution in [2.75, 3.05) is 13.7 Å². The Kier molecular flexibility index (Phi) is 4.24. The van der Waals surface area contributed by atoms with Gasteiger partial charge in [-0.2, -0.15) is 0 Å². The molecule has 0 aromatic heterocycles. The molecule has 1 aromatic carbocycles. The van der Waals surface area contributed by atoms with Gasteiger partial charge in [0.1, 0.15) is 11.8 Å². The third kappa shape index (κ3) is 2.92. The molecular formula is C20H23NO4. The number of rotatable bonds is 4. The van der Waals surface area contributed by atoms with Gasteiger partial charge >= 0.3 is 5.97 Å². The molecule has 0 radical (unpaired) electrons. The van der Waals surface area contributed by atoms with Crippen molar-refractivity contribution in [1.29, 1.82) is 0 Å². The van der Waals surface area contributed by atoms with Crippen LogP contribution in [0.15, 0.2) is 29.8 Å². The second kappa shape index (κ2) is 6.54. The van der Waals surface area contributed by atoms with Crippen molar-refractivity contribution < 1.29 is 19.1 Å². The molecule has 1 saturated carbocycles. The Morgan fingerprint density at radius 2 is 2.08 bits per heavy atom. The molecule has 1 aliphatic carbocycles. The van der Waals surface area contributed by atoms with Gasteiger partial charge in [0.05, 0.1) is 7.11 Å². The van der Waals surface area contributed by atoms with Crippen LogP contribution in [-0.4, -0.2) is 42.6 Å². The molecule has 3 aliphatic rings. The first-order valence-electron chi connectivity index (χ1n) is 9.02. The summed E-state index contributed by atoms with van der Waals surface area (Å²) in [5.41, 5.74) is 1.90. The van der Waals surface area contributed by atoms with Crippen LogP contribution in [0.5, 0.6) is 5.75 Å². The molecule has 2 unspecified atom stereocenters.